The molecule has 0 aliphatic rings. The zero-order valence-corrected chi connectivity index (χ0v) is 10.6. The van der Waals surface area contributed by atoms with Gasteiger partial charge >= 0.3 is 0 Å². The van der Waals surface area contributed by atoms with E-state index in [0.717, 1.165) is 10.2 Å². The molecule has 0 saturated heterocycles. The third-order valence-corrected chi connectivity index (χ3v) is 3.85. The molecule has 0 aliphatic carbocycles. The second kappa shape index (κ2) is 4.23. The van der Waals surface area contributed by atoms with E-state index in [0.29, 0.717) is 15.6 Å². The van der Waals surface area contributed by atoms with Gasteiger partial charge in [0.25, 0.3) is 0 Å². The van der Waals surface area contributed by atoms with Gasteiger partial charge in [-0.25, -0.2) is 9.37 Å². The molecule has 1 heterocycles. The van der Waals surface area contributed by atoms with Crippen LogP contribution in [0.1, 0.15) is 0 Å². The van der Waals surface area contributed by atoms with Crippen molar-refractivity contribution in [2.45, 2.75) is 0 Å². The Labute approximate surface area is 111 Å². The van der Waals surface area contributed by atoms with Crippen molar-refractivity contribution in [2.24, 2.45) is 0 Å². The number of hydrogen-bond donors (Lipinski definition) is 1. The molecule has 0 fully saturated rings. The first-order valence-electron chi connectivity index (χ1n) is 5.18. The predicted molar refractivity (Wildman–Crippen MR) is 71.7 cm³/mol. The van der Waals surface area contributed by atoms with Crippen LogP contribution in [0.5, 0.6) is 5.75 Å². The number of aromatic hydroxyl groups is 1. The number of thiazole rings is 1. The van der Waals surface area contributed by atoms with Crippen LogP contribution in [-0.2, 0) is 0 Å². The zero-order valence-electron chi connectivity index (χ0n) is 9.02. The molecule has 2 aromatic carbocycles. The minimum atomic E-state index is -0.648. The fourth-order valence-electron chi connectivity index (χ4n) is 1.66. The van der Waals surface area contributed by atoms with Gasteiger partial charge in [0.15, 0.2) is 11.6 Å². The van der Waals surface area contributed by atoms with Crippen LogP contribution >= 0.6 is 22.9 Å². The van der Waals surface area contributed by atoms with E-state index in [9.17, 15) is 4.39 Å². The first kappa shape index (κ1) is 11.4. The number of aromatic nitrogens is 1. The average molecular weight is 280 g/mol. The van der Waals surface area contributed by atoms with Crippen LogP contribution in [0.2, 0.25) is 5.02 Å². The van der Waals surface area contributed by atoms with Crippen LogP contribution in [0, 0.1) is 5.82 Å². The van der Waals surface area contributed by atoms with Gasteiger partial charge in [0.05, 0.1) is 10.2 Å². The van der Waals surface area contributed by atoms with Gasteiger partial charge in [-0.05, 0) is 36.4 Å². The molecule has 3 rings (SSSR count). The summed E-state index contributed by atoms with van der Waals surface area (Å²) in [6.45, 7) is 0. The second-order valence-corrected chi connectivity index (χ2v) is 5.26. The van der Waals surface area contributed by atoms with E-state index in [1.807, 2.05) is 12.1 Å². The van der Waals surface area contributed by atoms with Crippen molar-refractivity contribution >= 4 is 33.2 Å². The maximum Gasteiger partial charge on any atom is 0.165 e. The van der Waals surface area contributed by atoms with Crippen molar-refractivity contribution in [2.75, 3.05) is 0 Å². The van der Waals surface area contributed by atoms with Crippen molar-refractivity contribution in [3.05, 3.63) is 47.2 Å². The minimum Gasteiger partial charge on any atom is -0.505 e. The molecule has 0 aliphatic heterocycles. The highest BCUT2D eigenvalue weighted by Crippen LogP contribution is 2.33. The number of benzene rings is 2. The van der Waals surface area contributed by atoms with E-state index in [1.165, 1.54) is 23.5 Å². The van der Waals surface area contributed by atoms with Crippen LogP contribution in [0.25, 0.3) is 20.8 Å². The largest absolute Gasteiger partial charge is 0.505 e. The Balaban J connectivity index is 2.16. The van der Waals surface area contributed by atoms with Crippen LogP contribution in [0.4, 0.5) is 4.39 Å². The van der Waals surface area contributed by atoms with Crippen molar-refractivity contribution in [1.29, 1.82) is 0 Å². The molecule has 90 valence electrons. The summed E-state index contributed by atoms with van der Waals surface area (Å²) < 4.78 is 14.2. The molecule has 5 heteroatoms. The van der Waals surface area contributed by atoms with Crippen LogP contribution in [0.15, 0.2) is 36.4 Å². The van der Waals surface area contributed by atoms with Gasteiger partial charge in [0.1, 0.15) is 5.01 Å². The smallest absolute Gasteiger partial charge is 0.165 e. The highest BCUT2D eigenvalue weighted by Gasteiger charge is 2.09. The molecule has 0 radical (unpaired) electrons. The number of halogens is 2. The van der Waals surface area contributed by atoms with E-state index in [1.54, 1.807) is 12.1 Å². The first-order chi connectivity index (χ1) is 8.63. The Morgan fingerprint density at radius 3 is 2.78 bits per heavy atom. The Bertz CT molecular complexity index is 741. The molecule has 0 amide bonds. The molecule has 0 atom stereocenters. The van der Waals surface area contributed by atoms with E-state index < -0.39 is 5.82 Å². The third-order valence-electron chi connectivity index (χ3n) is 2.55. The molecule has 3 aromatic rings. The van der Waals surface area contributed by atoms with Gasteiger partial charge in [-0.15, -0.1) is 11.3 Å². The summed E-state index contributed by atoms with van der Waals surface area (Å²) in [6.07, 6.45) is 0. The van der Waals surface area contributed by atoms with E-state index in [2.05, 4.69) is 4.98 Å². The van der Waals surface area contributed by atoms with Crippen molar-refractivity contribution in [1.82, 2.24) is 4.98 Å². The molecule has 0 bridgehead atoms. The highest BCUT2D eigenvalue weighted by molar-refractivity contribution is 7.21. The average Bonchev–Trinajstić information content (AvgIpc) is 2.75. The molecular formula is C13H7ClFNOS. The number of rotatable bonds is 1. The Morgan fingerprint density at radius 1 is 1.17 bits per heavy atom. The van der Waals surface area contributed by atoms with Gasteiger partial charge in [-0.3, -0.25) is 0 Å². The quantitative estimate of drug-likeness (QED) is 0.713. The molecule has 0 unspecified atom stereocenters. The molecule has 0 saturated carbocycles. The Kier molecular flexibility index (Phi) is 2.69. The third kappa shape index (κ3) is 1.94. The summed E-state index contributed by atoms with van der Waals surface area (Å²) in [5.74, 6) is -1.01. The van der Waals surface area contributed by atoms with Crippen molar-refractivity contribution in [3.8, 4) is 16.3 Å². The predicted octanol–water partition coefficient (Wildman–Crippen LogP) is 4.46. The number of nitrogens with zero attached hydrogens (tertiary/aromatic N) is 1. The molecule has 2 nitrogen and oxygen atoms in total. The molecule has 1 aromatic heterocycles. The lowest BCUT2D eigenvalue weighted by Gasteiger charge is -1.97. The lowest BCUT2D eigenvalue weighted by molar-refractivity contribution is 0.432. The lowest BCUT2D eigenvalue weighted by Crippen LogP contribution is -1.80. The van der Waals surface area contributed by atoms with Gasteiger partial charge < -0.3 is 5.11 Å². The topological polar surface area (TPSA) is 33.1 Å². The number of hydrogen-bond acceptors (Lipinski definition) is 3. The summed E-state index contributed by atoms with van der Waals surface area (Å²) in [7, 11) is 0. The Morgan fingerprint density at radius 2 is 2.00 bits per heavy atom. The monoisotopic (exact) mass is 279 g/mol. The summed E-state index contributed by atoms with van der Waals surface area (Å²) in [6, 6.07) is 9.66. The fourth-order valence-corrected chi connectivity index (χ4v) is 2.90. The van der Waals surface area contributed by atoms with Gasteiger partial charge in [0.2, 0.25) is 0 Å². The molecule has 18 heavy (non-hydrogen) atoms. The van der Waals surface area contributed by atoms with Crippen LogP contribution < -0.4 is 0 Å². The van der Waals surface area contributed by atoms with E-state index >= 15 is 0 Å². The first-order valence-corrected chi connectivity index (χ1v) is 6.38. The molecular weight excluding hydrogens is 273 g/mol. The van der Waals surface area contributed by atoms with Gasteiger partial charge in [-0.1, -0.05) is 11.6 Å². The summed E-state index contributed by atoms with van der Waals surface area (Å²) in [5, 5.41) is 10.5. The standard InChI is InChI=1S/C13H7ClFNOS/c14-8-2-3-10-12(6-8)18-13(16-10)7-1-4-11(17)9(15)5-7/h1-6,17H. The molecule has 1 N–H and O–H groups in total. The maximum atomic E-state index is 13.3. The second-order valence-electron chi connectivity index (χ2n) is 3.80. The Hall–Kier alpha value is -1.65. The maximum absolute atomic E-state index is 13.3. The van der Waals surface area contributed by atoms with Crippen molar-refractivity contribution < 1.29 is 9.50 Å². The lowest BCUT2D eigenvalue weighted by atomic mass is 10.2. The molecule has 0 spiro atoms. The minimum absolute atomic E-state index is 0.358. The SMILES string of the molecule is Oc1ccc(-c2nc3ccc(Cl)cc3s2)cc1F. The number of phenols is 1. The van der Waals surface area contributed by atoms with E-state index in [-0.39, 0.29) is 5.75 Å². The fraction of sp³-hybridized carbons (Fsp3) is 0. The zero-order chi connectivity index (χ0) is 12.7. The van der Waals surface area contributed by atoms with Crippen LogP contribution in [-0.4, -0.2) is 10.1 Å². The summed E-state index contributed by atoms with van der Waals surface area (Å²) in [5.41, 5.74) is 1.47. The van der Waals surface area contributed by atoms with Crippen molar-refractivity contribution in [3.63, 3.8) is 0 Å². The summed E-state index contributed by atoms with van der Waals surface area (Å²) in [4.78, 5) is 4.41. The number of phenolic OH excluding ortho intramolecular Hbond substituents is 1. The number of fused-ring (bicyclic) bond motifs is 1. The normalized spacial score (nSPS) is 11.0. The van der Waals surface area contributed by atoms with Crippen LogP contribution in [0.3, 0.4) is 0 Å². The van der Waals surface area contributed by atoms with E-state index in [4.69, 9.17) is 16.7 Å². The summed E-state index contributed by atoms with van der Waals surface area (Å²) >= 11 is 7.34. The highest BCUT2D eigenvalue weighted by atomic mass is 35.5. The van der Waals surface area contributed by atoms with Gasteiger partial charge in [-0.2, -0.15) is 0 Å². The van der Waals surface area contributed by atoms with Gasteiger partial charge in [0, 0.05) is 10.6 Å².